The molecular weight excluding hydrogens is 446 g/mol. The van der Waals surface area contributed by atoms with Gasteiger partial charge in [-0.15, -0.1) is 0 Å². The zero-order chi connectivity index (χ0) is 22.5. The molecule has 4 nitrogen and oxygen atoms in total. The van der Waals surface area contributed by atoms with Gasteiger partial charge < -0.3 is 10.6 Å². The molecule has 0 bridgehead atoms. The van der Waals surface area contributed by atoms with E-state index in [1.54, 1.807) is 23.1 Å². The number of hydrogen-bond acceptors (Lipinski definition) is 5. The largest absolute Gasteiger partial charge is 0.361 e. The van der Waals surface area contributed by atoms with Crippen LogP contribution in [-0.4, -0.2) is 24.0 Å². The molecule has 166 valence electrons. The quantitative estimate of drug-likeness (QED) is 0.270. The lowest BCUT2D eigenvalue weighted by molar-refractivity contribution is 0.0953. The second-order valence-corrected chi connectivity index (χ2v) is 9.93. The first-order chi connectivity index (χ1) is 16.3. The molecule has 0 unspecified atom stereocenters. The number of nitrogens with one attached hydrogen (secondary N) is 2. The molecule has 0 spiro atoms. The van der Waals surface area contributed by atoms with Crippen molar-refractivity contribution in [1.82, 2.24) is 10.3 Å². The fourth-order valence-corrected chi connectivity index (χ4v) is 5.70. The van der Waals surface area contributed by atoms with Gasteiger partial charge in [0.25, 0.3) is 5.91 Å². The number of hydrogen-bond donors (Lipinski definition) is 2. The van der Waals surface area contributed by atoms with E-state index in [4.69, 9.17) is 4.98 Å². The molecule has 2 N–H and O–H groups in total. The summed E-state index contributed by atoms with van der Waals surface area (Å²) in [6.45, 7) is 1.57. The zero-order valence-electron chi connectivity index (χ0n) is 18.2. The molecule has 1 aromatic heterocycles. The van der Waals surface area contributed by atoms with Gasteiger partial charge in [0.15, 0.2) is 5.13 Å². The Hall–Kier alpha value is -3.09. The van der Waals surface area contributed by atoms with Crippen molar-refractivity contribution in [2.24, 2.45) is 0 Å². The lowest BCUT2D eigenvalue weighted by atomic mass is 10.1. The van der Waals surface area contributed by atoms with Crippen molar-refractivity contribution in [2.75, 3.05) is 18.4 Å². The number of benzene rings is 3. The number of unbranched alkanes of at least 4 members (excludes halogenated alkanes) is 2. The minimum absolute atomic E-state index is 0.00494. The molecule has 0 fully saturated rings. The van der Waals surface area contributed by atoms with E-state index in [9.17, 15) is 4.79 Å². The first-order valence-corrected chi connectivity index (χ1v) is 12.9. The van der Waals surface area contributed by atoms with Gasteiger partial charge in [0.1, 0.15) is 0 Å². The Morgan fingerprint density at radius 2 is 1.70 bits per heavy atom. The molecule has 6 heteroatoms. The molecule has 1 aliphatic heterocycles. The van der Waals surface area contributed by atoms with Gasteiger partial charge >= 0.3 is 0 Å². The molecule has 0 saturated heterocycles. The third-order valence-electron chi connectivity index (χ3n) is 5.64. The Kier molecular flexibility index (Phi) is 6.74. The Morgan fingerprint density at radius 3 is 2.64 bits per heavy atom. The predicted molar refractivity (Wildman–Crippen MR) is 141 cm³/mol. The number of anilines is 1. The van der Waals surface area contributed by atoms with Crippen LogP contribution in [-0.2, 0) is 0 Å². The monoisotopic (exact) mass is 471 g/mol. The maximum Gasteiger partial charge on any atom is 0.251 e. The predicted octanol–water partition coefficient (Wildman–Crippen LogP) is 7.05. The van der Waals surface area contributed by atoms with Gasteiger partial charge in [-0.3, -0.25) is 4.79 Å². The van der Waals surface area contributed by atoms with Crippen LogP contribution in [0, 0.1) is 0 Å². The zero-order valence-corrected chi connectivity index (χ0v) is 19.8. The highest BCUT2D eigenvalue weighted by Gasteiger charge is 2.16. The van der Waals surface area contributed by atoms with Crippen LogP contribution in [0.2, 0.25) is 0 Å². The highest BCUT2D eigenvalue weighted by Crippen LogP contribution is 2.41. The molecule has 1 amide bonds. The summed E-state index contributed by atoms with van der Waals surface area (Å²) in [7, 11) is 0. The molecule has 0 saturated carbocycles. The average molecular weight is 472 g/mol. The number of carbonyl (C=O) groups excluding carboxylic acids is 1. The van der Waals surface area contributed by atoms with Crippen LogP contribution in [0.4, 0.5) is 5.13 Å². The summed E-state index contributed by atoms with van der Waals surface area (Å²) in [5.41, 5.74) is 2.98. The van der Waals surface area contributed by atoms with E-state index in [0.29, 0.717) is 12.1 Å². The molecule has 2 heterocycles. The fourth-order valence-electron chi connectivity index (χ4n) is 3.90. The van der Waals surface area contributed by atoms with Gasteiger partial charge in [0, 0.05) is 29.1 Å². The van der Waals surface area contributed by atoms with Gasteiger partial charge in [-0.05, 0) is 59.7 Å². The van der Waals surface area contributed by atoms with E-state index in [1.165, 1.54) is 15.3 Å². The first kappa shape index (κ1) is 21.7. The molecular formula is C27H25N3OS2. The Bertz CT molecular complexity index is 1310. The van der Waals surface area contributed by atoms with Gasteiger partial charge in [0.05, 0.1) is 10.6 Å². The first-order valence-electron chi connectivity index (χ1n) is 11.2. The van der Waals surface area contributed by atoms with E-state index in [2.05, 4.69) is 52.4 Å². The molecule has 33 heavy (non-hydrogen) atoms. The Labute approximate surface area is 202 Å². The highest BCUT2D eigenvalue weighted by molar-refractivity contribution is 8.02. The van der Waals surface area contributed by atoms with Crippen LogP contribution in [0.15, 0.2) is 77.0 Å². The second kappa shape index (κ2) is 10.2. The van der Waals surface area contributed by atoms with E-state index in [1.807, 2.05) is 36.4 Å². The van der Waals surface area contributed by atoms with Crippen molar-refractivity contribution in [1.29, 1.82) is 0 Å². The van der Waals surface area contributed by atoms with Gasteiger partial charge in [-0.2, -0.15) is 0 Å². The maximum atomic E-state index is 12.4. The standard InChI is InChI=1S/C27H25N3OS2/c31-26(21-13-12-19-8-2-3-9-20(19)18-21)28-15-6-1-7-16-29-27-30-25-22-10-4-5-11-23(22)32-17-14-24(25)33-27/h2-5,8-14,17-18H,1,6-7,15-16H2,(H,28,31)(H,29,30). The van der Waals surface area contributed by atoms with Crippen LogP contribution < -0.4 is 10.6 Å². The van der Waals surface area contributed by atoms with Crippen LogP contribution in [0.1, 0.15) is 34.5 Å². The summed E-state index contributed by atoms with van der Waals surface area (Å²) in [6, 6.07) is 22.4. The minimum atomic E-state index is -0.00494. The molecule has 0 atom stereocenters. The number of amides is 1. The van der Waals surface area contributed by atoms with Crippen molar-refractivity contribution < 1.29 is 4.79 Å². The minimum Gasteiger partial charge on any atom is -0.361 e. The Balaban J connectivity index is 1.05. The lowest BCUT2D eigenvalue weighted by Crippen LogP contribution is -2.24. The summed E-state index contributed by atoms with van der Waals surface area (Å²) < 4.78 is 0. The summed E-state index contributed by atoms with van der Waals surface area (Å²) >= 11 is 3.45. The number of nitrogens with zero attached hydrogens (tertiary/aromatic N) is 1. The lowest BCUT2D eigenvalue weighted by Gasteiger charge is -2.07. The molecule has 0 radical (unpaired) electrons. The summed E-state index contributed by atoms with van der Waals surface area (Å²) in [6.07, 6.45) is 5.21. The van der Waals surface area contributed by atoms with Gasteiger partial charge in [0.2, 0.25) is 0 Å². The van der Waals surface area contributed by atoms with Crippen molar-refractivity contribution >= 4 is 51.0 Å². The van der Waals surface area contributed by atoms with Crippen molar-refractivity contribution in [3.63, 3.8) is 0 Å². The van der Waals surface area contributed by atoms with Crippen LogP contribution in [0.5, 0.6) is 0 Å². The highest BCUT2D eigenvalue weighted by atomic mass is 32.2. The third kappa shape index (κ3) is 5.13. The number of thiazole rings is 1. The van der Waals surface area contributed by atoms with E-state index in [-0.39, 0.29) is 5.91 Å². The molecule has 5 rings (SSSR count). The number of fused-ring (bicyclic) bond motifs is 4. The van der Waals surface area contributed by atoms with Crippen LogP contribution in [0.3, 0.4) is 0 Å². The van der Waals surface area contributed by atoms with E-state index in [0.717, 1.165) is 47.4 Å². The SMILES string of the molecule is O=C(NCCCCCNc1nc2c(s1)C=CSc1ccccc1-2)c1ccc2ccccc2c1. The number of aromatic nitrogens is 1. The molecule has 3 aromatic carbocycles. The topological polar surface area (TPSA) is 54.0 Å². The molecule has 4 aromatic rings. The summed E-state index contributed by atoms with van der Waals surface area (Å²) in [4.78, 5) is 19.7. The normalized spacial score (nSPS) is 12.1. The van der Waals surface area contributed by atoms with E-state index >= 15 is 0 Å². The van der Waals surface area contributed by atoms with Crippen molar-refractivity contribution in [2.45, 2.75) is 24.2 Å². The Morgan fingerprint density at radius 1 is 0.879 bits per heavy atom. The molecule has 0 aliphatic carbocycles. The van der Waals surface area contributed by atoms with E-state index < -0.39 is 0 Å². The summed E-state index contributed by atoms with van der Waals surface area (Å²) in [5, 5.41) is 11.9. The fraction of sp³-hybridized carbons (Fsp3) is 0.185. The smallest absolute Gasteiger partial charge is 0.251 e. The summed E-state index contributed by atoms with van der Waals surface area (Å²) in [5.74, 6) is -0.00494. The second-order valence-electron chi connectivity index (χ2n) is 7.95. The van der Waals surface area contributed by atoms with Crippen LogP contribution >= 0.6 is 23.1 Å². The van der Waals surface area contributed by atoms with Crippen LogP contribution in [0.25, 0.3) is 28.1 Å². The number of thioether (sulfide) groups is 1. The molecule has 1 aliphatic rings. The van der Waals surface area contributed by atoms with Crippen molar-refractivity contribution in [3.05, 3.63) is 82.6 Å². The maximum absolute atomic E-state index is 12.4. The number of carbonyl (C=O) groups is 1. The average Bonchev–Trinajstić information content (AvgIpc) is 3.17. The van der Waals surface area contributed by atoms with Crippen molar-refractivity contribution in [3.8, 4) is 11.3 Å². The van der Waals surface area contributed by atoms with Gasteiger partial charge in [-0.25, -0.2) is 4.98 Å². The number of rotatable bonds is 8. The third-order valence-corrected chi connectivity index (χ3v) is 7.50. The van der Waals surface area contributed by atoms with Gasteiger partial charge in [-0.1, -0.05) is 71.6 Å².